The molecule has 0 amide bonds. The molecular formula is C31H45N3O9. The lowest BCUT2D eigenvalue weighted by atomic mass is 9.90. The minimum Gasteiger partial charge on any atom is -0.491 e. The Hall–Kier alpha value is -3.16. The highest BCUT2D eigenvalue weighted by Crippen LogP contribution is 2.47. The lowest BCUT2D eigenvalue weighted by Crippen LogP contribution is -2.53. The minimum atomic E-state index is -0.790. The third-order valence-electron chi connectivity index (χ3n) is 7.53. The van der Waals surface area contributed by atoms with Gasteiger partial charge in [-0.1, -0.05) is 30.3 Å². The molecule has 43 heavy (non-hydrogen) atoms. The van der Waals surface area contributed by atoms with Gasteiger partial charge >= 0.3 is 0 Å². The fourth-order valence-electron chi connectivity index (χ4n) is 5.37. The van der Waals surface area contributed by atoms with Crippen LogP contribution in [0.5, 0.6) is 11.5 Å². The number of methoxy groups -OCH3 is 2. The third kappa shape index (κ3) is 9.67. The highest BCUT2D eigenvalue weighted by molar-refractivity contribution is 5.70. The molecule has 12 nitrogen and oxygen atoms in total. The van der Waals surface area contributed by atoms with Crippen LogP contribution in [0.3, 0.4) is 0 Å². The Labute approximate surface area is 253 Å². The fraction of sp³-hybridized carbons (Fsp3) is 0.613. The fourth-order valence-corrected chi connectivity index (χ4v) is 5.37. The average Bonchev–Trinajstić information content (AvgIpc) is 3.02. The Balaban J connectivity index is 1.60. The Morgan fingerprint density at radius 1 is 1.05 bits per heavy atom. The molecular weight excluding hydrogens is 558 g/mol. The van der Waals surface area contributed by atoms with Gasteiger partial charge in [-0.15, -0.1) is 10.1 Å². The highest BCUT2D eigenvalue weighted by Gasteiger charge is 2.43. The van der Waals surface area contributed by atoms with Gasteiger partial charge in [-0.3, -0.25) is 0 Å². The lowest BCUT2D eigenvalue weighted by molar-refractivity contribution is -0.757. The Bertz CT molecular complexity index is 1110. The van der Waals surface area contributed by atoms with Crippen LogP contribution in [0.4, 0.5) is 5.69 Å². The Kier molecular flexibility index (Phi) is 13.1. The van der Waals surface area contributed by atoms with Gasteiger partial charge in [-0.05, 0) is 49.1 Å². The summed E-state index contributed by atoms with van der Waals surface area (Å²) < 4.78 is 35.8. The van der Waals surface area contributed by atoms with E-state index in [2.05, 4.69) is 39.3 Å². The highest BCUT2D eigenvalue weighted by atomic mass is 16.9. The lowest BCUT2D eigenvalue weighted by Gasteiger charge is -2.46. The SMILES string of the molecule is COCCCN1CC(COC2CCCNC2)(c2ccc(COCCOC)cc2)Oc2cccc(OCCCO[N+](=O)[O-])c21. The van der Waals surface area contributed by atoms with Crippen molar-refractivity contribution < 1.29 is 38.3 Å². The molecule has 1 N–H and O–H groups in total. The largest absolute Gasteiger partial charge is 0.491 e. The van der Waals surface area contributed by atoms with E-state index in [4.69, 9.17) is 28.4 Å². The van der Waals surface area contributed by atoms with Crippen molar-refractivity contribution in [2.24, 2.45) is 0 Å². The quantitative estimate of drug-likeness (QED) is 0.144. The second-order valence-electron chi connectivity index (χ2n) is 10.7. The molecule has 0 saturated carbocycles. The van der Waals surface area contributed by atoms with E-state index < -0.39 is 10.7 Å². The first kappa shape index (κ1) is 32.7. The summed E-state index contributed by atoms with van der Waals surface area (Å²) in [6, 6.07) is 14.1. The van der Waals surface area contributed by atoms with Crippen molar-refractivity contribution in [3.8, 4) is 11.5 Å². The van der Waals surface area contributed by atoms with Crippen LogP contribution in [0, 0.1) is 10.1 Å². The topological polar surface area (TPSA) is 123 Å². The number of para-hydroxylation sites is 1. The number of nitrogens with one attached hydrogen (secondary N) is 1. The van der Waals surface area contributed by atoms with Gasteiger partial charge in [0.05, 0.1) is 52.3 Å². The van der Waals surface area contributed by atoms with Gasteiger partial charge in [0, 0.05) is 40.3 Å². The summed E-state index contributed by atoms with van der Waals surface area (Å²) in [7, 11) is 3.36. The van der Waals surface area contributed by atoms with Crippen LogP contribution in [0.2, 0.25) is 0 Å². The number of piperidine rings is 1. The van der Waals surface area contributed by atoms with Crippen molar-refractivity contribution in [3.63, 3.8) is 0 Å². The van der Waals surface area contributed by atoms with E-state index in [1.165, 1.54) is 0 Å². The predicted molar refractivity (Wildman–Crippen MR) is 160 cm³/mol. The van der Waals surface area contributed by atoms with E-state index in [1.807, 2.05) is 18.2 Å². The molecule has 0 aromatic heterocycles. The van der Waals surface area contributed by atoms with Crippen molar-refractivity contribution >= 4 is 5.69 Å². The first-order valence-corrected chi connectivity index (χ1v) is 15.0. The second kappa shape index (κ2) is 17.2. The van der Waals surface area contributed by atoms with E-state index in [9.17, 15) is 10.1 Å². The molecule has 238 valence electrons. The van der Waals surface area contributed by atoms with Crippen LogP contribution >= 0.6 is 0 Å². The molecule has 2 aliphatic rings. The molecule has 0 radical (unpaired) electrons. The number of hydrogen-bond donors (Lipinski definition) is 1. The predicted octanol–water partition coefficient (Wildman–Crippen LogP) is 3.73. The smallest absolute Gasteiger partial charge is 0.294 e. The minimum absolute atomic E-state index is 0.0278. The first-order chi connectivity index (χ1) is 21.0. The number of anilines is 1. The summed E-state index contributed by atoms with van der Waals surface area (Å²) in [5.74, 6) is 1.35. The van der Waals surface area contributed by atoms with Crippen molar-refractivity contribution in [1.82, 2.24) is 5.32 Å². The number of rotatable bonds is 19. The standard InChI is InChI=1S/C31H45N3O9/c1-37-16-5-15-33-23-31(24-41-27-7-4-14-32-21-27,26-12-10-25(11-13-26)22-39-20-19-38-2)43-29-9-3-8-28(30(29)33)40-17-6-18-42-34(35)36/h3,8-13,27,32H,4-7,14-24H2,1-2H3. The molecule has 2 aliphatic heterocycles. The summed E-state index contributed by atoms with van der Waals surface area (Å²) in [5, 5.41) is 13.1. The Morgan fingerprint density at radius 3 is 2.63 bits per heavy atom. The zero-order chi connectivity index (χ0) is 30.3. The van der Waals surface area contributed by atoms with Crippen LogP contribution in [0.1, 0.15) is 36.8 Å². The van der Waals surface area contributed by atoms with Crippen LogP contribution < -0.4 is 19.7 Å². The van der Waals surface area contributed by atoms with Gasteiger partial charge in [0.25, 0.3) is 5.09 Å². The third-order valence-corrected chi connectivity index (χ3v) is 7.53. The number of benzene rings is 2. The molecule has 0 spiro atoms. The van der Waals surface area contributed by atoms with Crippen molar-refractivity contribution in [2.75, 3.05) is 84.9 Å². The maximum absolute atomic E-state index is 10.5. The van der Waals surface area contributed by atoms with E-state index >= 15 is 0 Å². The number of ether oxygens (including phenoxy) is 6. The van der Waals surface area contributed by atoms with Gasteiger partial charge in [0.15, 0.2) is 5.60 Å². The molecule has 12 heteroatoms. The molecule has 0 bridgehead atoms. The van der Waals surface area contributed by atoms with Gasteiger partial charge in [-0.2, -0.15) is 0 Å². The van der Waals surface area contributed by atoms with E-state index in [-0.39, 0.29) is 19.3 Å². The van der Waals surface area contributed by atoms with Crippen LogP contribution in [-0.4, -0.2) is 91.2 Å². The van der Waals surface area contributed by atoms with Gasteiger partial charge in [0.1, 0.15) is 17.2 Å². The van der Waals surface area contributed by atoms with Crippen LogP contribution in [-0.2, 0) is 36.0 Å². The number of nitrogens with zero attached hydrogens (tertiary/aromatic N) is 2. The zero-order valence-corrected chi connectivity index (χ0v) is 25.3. The maximum Gasteiger partial charge on any atom is 0.294 e. The van der Waals surface area contributed by atoms with Gasteiger partial charge in [0.2, 0.25) is 0 Å². The molecule has 1 fully saturated rings. The normalized spacial score (nSPS) is 19.9. The molecule has 0 aliphatic carbocycles. The maximum atomic E-state index is 10.5. The monoisotopic (exact) mass is 603 g/mol. The summed E-state index contributed by atoms with van der Waals surface area (Å²) in [5.41, 5.74) is 2.16. The van der Waals surface area contributed by atoms with E-state index in [0.29, 0.717) is 64.0 Å². The second-order valence-corrected chi connectivity index (χ2v) is 10.7. The molecule has 2 heterocycles. The molecule has 2 aromatic rings. The summed E-state index contributed by atoms with van der Waals surface area (Å²) in [6.07, 6.45) is 3.39. The molecule has 4 rings (SSSR count). The molecule has 2 aromatic carbocycles. The summed E-state index contributed by atoms with van der Waals surface area (Å²) >= 11 is 0. The van der Waals surface area contributed by atoms with Crippen molar-refractivity contribution in [1.29, 1.82) is 0 Å². The van der Waals surface area contributed by atoms with Crippen molar-refractivity contribution in [3.05, 3.63) is 63.7 Å². The van der Waals surface area contributed by atoms with Crippen LogP contribution in [0.25, 0.3) is 0 Å². The molecule has 2 atom stereocenters. The average molecular weight is 604 g/mol. The van der Waals surface area contributed by atoms with E-state index in [0.717, 1.165) is 49.2 Å². The van der Waals surface area contributed by atoms with Crippen molar-refractivity contribution in [2.45, 2.75) is 44.0 Å². The summed E-state index contributed by atoms with van der Waals surface area (Å²) in [6.45, 7) is 5.92. The number of fused-ring (bicyclic) bond motifs is 1. The van der Waals surface area contributed by atoms with E-state index in [1.54, 1.807) is 14.2 Å². The van der Waals surface area contributed by atoms with Gasteiger partial charge < -0.3 is 43.5 Å². The summed E-state index contributed by atoms with van der Waals surface area (Å²) in [4.78, 5) is 17.2. The Morgan fingerprint density at radius 2 is 1.88 bits per heavy atom. The van der Waals surface area contributed by atoms with Gasteiger partial charge in [-0.25, -0.2) is 0 Å². The zero-order valence-electron chi connectivity index (χ0n) is 25.3. The first-order valence-electron chi connectivity index (χ1n) is 15.0. The number of hydrogen-bond acceptors (Lipinski definition) is 11. The molecule has 2 unspecified atom stereocenters. The van der Waals surface area contributed by atoms with Crippen LogP contribution in [0.15, 0.2) is 42.5 Å². The molecule has 1 saturated heterocycles.